The van der Waals surface area contributed by atoms with E-state index in [0.29, 0.717) is 13.0 Å². The zero-order chi connectivity index (χ0) is 10.8. The largest absolute Gasteiger partial charge is 0.471 e. The summed E-state index contributed by atoms with van der Waals surface area (Å²) in [4.78, 5) is 0. The van der Waals surface area contributed by atoms with Crippen LogP contribution >= 0.6 is 12.2 Å². The summed E-state index contributed by atoms with van der Waals surface area (Å²) in [5, 5.41) is 3.23. The van der Waals surface area contributed by atoms with Crippen LogP contribution in [0.1, 0.15) is 20.3 Å². The van der Waals surface area contributed by atoms with Crippen molar-refractivity contribution >= 4 is 27.2 Å². The highest BCUT2D eigenvalue weighted by Gasteiger charge is 2.38. The molecule has 1 heterocycles. The first kappa shape index (κ1) is 11.7. The van der Waals surface area contributed by atoms with E-state index in [4.69, 9.17) is 17.0 Å². The number of hydrogen-bond donors (Lipinski definition) is 1. The van der Waals surface area contributed by atoms with Crippen molar-refractivity contribution in [2.45, 2.75) is 25.8 Å². The van der Waals surface area contributed by atoms with Gasteiger partial charge < -0.3 is 10.1 Å². The van der Waals surface area contributed by atoms with Crippen molar-refractivity contribution in [2.24, 2.45) is 0 Å². The quantitative estimate of drug-likeness (QED) is 0.708. The van der Waals surface area contributed by atoms with E-state index in [1.807, 2.05) is 13.8 Å². The van der Waals surface area contributed by atoms with Crippen LogP contribution in [0.25, 0.3) is 0 Å². The second-order valence-corrected chi connectivity index (χ2v) is 6.30. The fourth-order valence-electron chi connectivity index (χ4n) is 1.52. The number of rotatable bonds is 2. The summed E-state index contributed by atoms with van der Waals surface area (Å²) >= 11 is 4.91. The lowest BCUT2D eigenvalue weighted by molar-refractivity contribution is 0.300. The molecule has 0 unspecified atom stereocenters. The lowest BCUT2D eigenvalue weighted by atomic mass is 10.0. The van der Waals surface area contributed by atoms with Crippen LogP contribution in [0.4, 0.5) is 0 Å². The van der Waals surface area contributed by atoms with Gasteiger partial charge in [-0.2, -0.15) is 0 Å². The minimum absolute atomic E-state index is 0.132. The summed E-state index contributed by atoms with van der Waals surface area (Å²) in [6, 6.07) is 0. The molecule has 0 aliphatic carbocycles. The molecule has 0 saturated carbocycles. The van der Waals surface area contributed by atoms with Crippen LogP contribution in [-0.4, -0.2) is 37.2 Å². The van der Waals surface area contributed by atoms with Gasteiger partial charge >= 0.3 is 0 Å². The summed E-state index contributed by atoms with van der Waals surface area (Å²) in [5.74, 6) is 0.360. The van der Waals surface area contributed by atoms with E-state index in [9.17, 15) is 8.42 Å². The molecule has 82 valence electrons. The summed E-state index contributed by atoms with van der Waals surface area (Å²) in [6.45, 7) is 4.18. The van der Waals surface area contributed by atoms with Gasteiger partial charge in [0.2, 0.25) is 0 Å². The highest BCUT2D eigenvalue weighted by molar-refractivity contribution is 7.91. The predicted molar refractivity (Wildman–Crippen MR) is 59.0 cm³/mol. The molecule has 1 aliphatic rings. The Balaban J connectivity index is 2.57. The smallest absolute Gasteiger partial charge is 0.257 e. The number of thiocarbonyl (C=S) groups is 1. The minimum atomic E-state index is -2.89. The van der Waals surface area contributed by atoms with E-state index in [1.54, 1.807) is 0 Å². The Morgan fingerprint density at radius 1 is 1.64 bits per heavy atom. The number of sulfone groups is 1. The second-order valence-electron chi connectivity index (χ2n) is 3.75. The molecule has 0 aromatic rings. The van der Waals surface area contributed by atoms with Crippen LogP contribution < -0.4 is 5.32 Å². The molecule has 4 nitrogen and oxygen atoms in total. The second kappa shape index (κ2) is 4.02. The van der Waals surface area contributed by atoms with E-state index in [2.05, 4.69) is 5.32 Å². The number of hydrogen-bond acceptors (Lipinski definition) is 4. The fraction of sp³-hybridized carbons (Fsp3) is 0.875. The van der Waals surface area contributed by atoms with Crippen LogP contribution in [0.15, 0.2) is 0 Å². The predicted octanol–water partition coefficient (Wildman–Crippen LogP) is 0.475. The van der Waals surface area contributed by atoms with Gasteiger partial charge in [0.05, 0.1) is 23.7 Å². The molecule has 1 N–H and O–H groups in total. The maximum Gasteiger partial charge on any atom is 0.257 e. The average molecular weight is 237 g/mol. The van der Waals surface area contributed by atoms with Gasteiger partial charge in [0.25, 0.3) is 5.17 Å². The topological polar surface area (TPSA) is 55.4 Å². The molecule has 14 heavy (non-hydrogen) atoms. The molecule has 0 bridgehead atoms. The van der Waals surface area contributed by atoms with Crippen molar-refractivity contribution in [3.63, 3.8) is 0 Å². The van der Waals surface area contributed by atoms with Crippen molar-refractivity contribution in [3.05, 3.63) is 0 Å². The molecule has 1 atom stereocenters. The van der Waals surface area contributed by atoms with Crippen LogP contribution in [0, 0.1) is 0 Å². The number of nitrogens with one attached hydrogen (secondary N) is 1. The minimum Gasteiger partial charge on any atom is -0.471 e. The third-order valence-electron chi connectivity index (χ3n) is 2.18. The molecule has 0 amide bonds. The van der Waals surface area contributed by atoms with E-state index in [0.717, 1.165) is 0 Å². The zero-order valence-electron chi connectivity index (χ0n) is 8.37. The molecule has 1 rings (SSSR count). The maximum absolute atomic E-state index is 11.3. The Kier molecular flexibility index (Phi) is 3.36. The van der Waals surface area contributed by atoms with Crippen molar-refractivity contribution < 1.29 is 13.2 Å². The third-order valence-corrected chi connectivity index (χ3v) is 4.31. The Morgan fingerprint density at radius 3 is 2.71 bits per heavy atom. The van der Waals surface area contributed by atoms with Gasteiger partial charge in [-0.05, 0) is 32.5 Å². The van der Waals surface area contributed by atoms with E-state index in [-0.39, 0.29) is 16.7 Å². The van der Waals surface area contributed by atoms with Crippen LogP contribution in [0.3, 0.4) is 0 Å². The highest BCUT2D eigenvalue weighted by Crippen LogP contribution is 2.22. The van der Waals surface area contributed by atoms with Gasteiger partial charge in [-0.3, -0.25) is 0 Å². The van der Waals surface area contributed by atoms with Crippen molar-refractivity contribution in [1.29, 1.82) is 0 Å². The van der Waals surface area contributed by atoms with E-state index < -0.39 is 15.4 Å². The monoisotopic (exact) mass is 237 g/mol. The summed E-state index contributed by atoms with van der Waals surface area (Å²) in [5.41, 5.74) is -0.453. The third kappa shape index (κ3) is 3.09. The first-order valence-corrected chi connectivity index (χ1v) is 6.75. The first-order chi connectivity index (χ1) is 6.37. The summed E-state index contributed by atoms with van der Waals surface area (Å²) < 4.78 is 27.6. The van der Waals surface area contributed by atoms with Crippen molar-refractivity contribution in [3.8, 4) is 0 Å². The molecule has 1 fully saturated rings. The van der Waals surface area contributed by atoms with Gasteiger partial charge in [-0.25, -0.2) is 8.42 Å². The van der Waals surface area contributed by atoms with Gasteiger partial charge in [0.15, 0.2) is 9.84 Å². The molecule has 0 aromatic heterocycles. The maximum atomic E-state index is 11.3. The molecule has 0 spiro atoms. The zero-order valence-corrected chi connectivity index (χ0v) is 10.0. The SMILES string of the molecule is CCOC(=S)N[C@]1(C)CCS(=O)(=O)C1. The Labute approximate surface area is 89.9 Å². The number of ether oxygens (including phenoxy) is 1. The van der Waals surface area contributed by atoms with E-state index >= 15 is 0 Å². The van der Waals surface area contributed by atoms with Crippen LogP contribution in [0.5, 0.6) is 0 Å². The average Bonchev–Trinajstić information content (AvgIpc) is 2.25. The van der Waals surface area contributed by atoms with Crippen molar-refractivity contribution in [1.82, 2.24) is 5.32 Å². The highest BCUT2D eigenvalue weighted by atomic mass is 32.2. The fourth-order valence-corrected chi connectivity index (χ4v) is 3.98. The van der Waals surface area contributed by atoms with Gasteiger partial charge in [0.1, 0.15) is 0 Å². The van der Waals surface area contributed by atoms with E-state index in [1.165, 1.54) is 0 Å². The molecule has 1 saturated heterocycles. The molecular weight excluding hydrogens is 222 g/mol. The lowest BCUT2D eigenvalue weighted by Crippen LogP contribution is -2.47. The summed E-state index contributed by atoms with van der Waals surface area (Å²) in [6.07, 6.45) is 0.586. The van der Waals surface area contributed by atoms with Gasteiger partial charge in [-0.15, -0.1) is 0 Å². The summed E-state index contributed by atoms with van der Waals surface area (Å²) in [7, 11) is -2.89. The normalized spacial score (nSPS) is 29.9. The standard InChI is InChI=1S/C8H15NO3S2/c1-3-12-7(13)9-8(2)4-5-14(10,11)6-8/h3-6H2,1-2H3,(H,9,13)/t8-/m1/s1. The Bertz CT molecular complexity index is 325. The Morgan fingerprint density at radius 2 is 2.29 bits per heavy atom. The van der Waals surface area contributed by atoms with Crippen molar-refractivity contribution in [2.75, 3.05) is 18.1 Å². The first-order valence-electron chi connectivity index (χ1n) is 4.52. The Hall–Kier alpha value is -0.360. The van der Waals surface area contributed by atoms with Gasteiger partial charge in [-0.1, -0.05) is 0 Å². The molecule has 0 radical (unpaired) electrons. The van der Waals surface area contributed by atoms with Gasteiger partial charge in [0, 0.05) is 0 Å². The molecular formula is C8H15NO3S2. The molecule has 6 heteroatoms. The molecule has 1 aliphatic heterocycles. The van der Waals surface area contributed by atoms with Crippen LogP contribution in [0.2, 0.25) is 0 Å². The molecule has 0 aromatic carbocycles. The van der Waals surface area contributed by atoms with Crippen LogP contribution in [-0.2, 0) is 14.6 Å². The lowest BCUT2D eigenvalue weighted by Gasteiger charge is -2.24.